The van der Waals surface area contributed by atoms with Crippen molar-refractivity contribution in [3.05, 3.63) is 70.1 Å². The van der Waals surface area contributed by atoms with E-state index in [9.17, 15) is 19.5 Å². The van der Waals surface area contributed by atoms with Gasteiger partial charge in [0.1, 0.15) is 0 Å². The molecule has 0 aliphatic carbocycles. The van der Waals surface area contributed by atoms with Crippen LogP contribution in [0.3, 0.4) is 0 Å². The van der Waals surface area contributed by atoms with Gasteiger partial charge >= 0.3 is 6.09 Å². The minimum absolute atomic E-state index is 0.00821. The number of nitrogen functional groups attached to an aromatic ring is 1. The second kappa shape index (κ2) is 9.69. The van der Waals surface area contributed by atoms with Gasteiger partial charge in [-0.1, -0.05) is 44.2 Å². The van der Waals surface area contributed by atoms with Gasteiger partial charge in [-0.05, 0) is 55.8 Å². The van der Waals surface area contributed by atoms with Crippen LogP contribution in [0.2, 0.25) is 0 Å². The maximum Gasteiger partial charge on any atom is 0.408 e. The number of hydrogen-bond donors (Lipinski definition) is 3. The molecule has 0 saturated carbocycles. The summed E-state index contributed by atoms with van der Waals surface area (Å²) in [7, 11) is 0. The zero-order valence-electron chi connectivity index (χ0n) is 20.3. The van der Waals surface area contributed by atoms with Gasteiger partial charge in [-0.25, -0.2) is 10.6 Å². The predicted molar refractivity (Wildman–Crippen MR) is 133 cm³/mol. The third-order valence-corrected chi connectivity index (χ3v) is 5.73. The second-order valence-corrected chi connectivity index (χ2v) is 9.77. The Morgan fingerprint density at radius 1 is 1.09 bits per heavy atom. The molecule has 0 aliphatic rings. The Bertz CT molecular complexity index is 1270. The average Bonchev–Trinajstić information content (AvgIpc) is 2.78. The zero-order valence-corrected chi connectivity index (χ0v) is 20.3. The lowest BCUT2D eigenvalue weighted by molar-refractivity contribution is 0.0933. The van der Waals surface area contributed by atoms with E-state index in [2.05, 4.69) is 5.43 Å². The zero-order chi connectivity index (χ0) is 25.2. The third-order valence-electron chi connectivity index (χ3n) is 5.73. The number of hydrogen-bond acceptors (Lipinski definition) is 4. The summed E-state index contributed by atoms with van der Waals surface area (Å²) in [5.41, 5.74) is 3.64. The Balaban J connectivity index is 2.49. The quantitative estimate of drug-likeness (QED) is 0.287. The highest BCUT2D eigenvalue weighted by Crippen LogP contribution is 2.33. The Labute approximate surface area is 199 Å². The summed E-state index contributed by atoms with van der Waals surface area (Å²) < 4.78 is 1.68. The van der Waals surface area contributed by atoms with Gasteiger partial charge in [0.2, 0.25) is 0 Å². The number of pyridine rings is 1. The van der Waals surface area contributed by atoms with Gasteiger partial charge in [0.15, 0.2) is 0 Å². The summed E-state index contributed by atoms with van der Waals surface area (Å²) >= 11 is 0. The first-order chi connectivity index (χ1) is 16.0. The number of amides is 2. The van der Waals surface area contributed by atoms with Crippen LogP contribution < -0.4 is 16.8 Å². The third kappa shape index (κ3) is 4.97. The van der Waals surface area contributed by atoms with Crippen molar-refractivity contribution in [1.82, 2.24) is 14.9 Å². The van der Waals surface area contributed by atoms with Crippen molar-refractivity contribution in [2.45, 2.75) is 53.2 Å². The number of benzene rings is 2. The molecule has 0 unspecified atom stereocenters. The van der Waals surface area contributed by atoms with Crippen molar-refractivity contribution in [1.29, 1.82) is 0 Å². The van der Waals surface area contributed by atoms with Crippen LogP contribution in [0.4, 0.5) is 4.79 Å². The van der Waals surface area contributed by atoms with E-state index in [4.69, 9.17) is 5.84 Å². The summed E-state index contributed by atoms with van der Waals surface area (Å²) in [4.78, 5) is 39.5. The van der Waals surface area contributed by atoms with Crippen molar-refractivity contribution in [2.24, 2.45) is 11.8 Å². The van der Waals surface area contributed by atoms with Crippen molar-refractivity contribution in [2.75, 3.05) is 0 Å². The van der Waals surface area contributed by atoms with E-state index in [0.717, 1.165) is 11.1 Å². The van der Waals surface area contributed by atoms with Crippen LogP contribution in [0.5, 0.6) is 0 Å². The first-order valence-corrected chi connectivity index (χ1v) is 11.2. The molecule has 8 nitrogen and oxygen atoms in total. The number of carboxylic acid groups (broad SMARTS) is 1. The van der Waals surface area contributed by atoms with Gasteiger partial charge in [-0.2, -0.15) is 0 Å². The van der Waals surface area contributed by atoms with Crippen LogP contribution in [0.25, 0.3) is 21.9 Å². The molecule has 0 bridgehead atoms. The smallest absolute Gasteiger partial charge is 0.408 e. The van der Waals surface area contributed by atoms with Crippen LogP contribution in [0.15, 0.2) is 53.3 Å². The predicted octanol–water partition coefficient (Wildman–Crippen LogP) is 4.21. The molecule has 0 saturated heterocycles. The molecule has 1 aromatic heterocycles. The van der Waals surface area contributed by atoms with Crippen LogP contribution >= 0.6 is 0 Å². The number of hydrazine groups is 1. The molecular weight excluding hydrogens is 432 g/mol. The standard InChI is InChI=1S/C26H32N4O4/c1-16(2)14-29-21(15-30(25(33)34)26(3,4)5)22(17-9-7-6-8-10-17)20-13-18(23(31)28-27)11-12-19(20)24(29)32/h6-13,16H,14-15,27H2,1-5H3,(H,28,31)(H,33,34). The van der Waals surface area contributed by atoms with Gasteiger partial charge in [0.25, 0.3) is 11.5 Å². The lowest BCUT2D eigenvalue weighted by atomic mass is 9.94. The first kappa shape index (κ1) is 25.0. The minimum atomic E-state index is -1.08. The molecular formula is C26H32N4O4. The monoisotopic (exact) mass is 464 g/mol. The molecule has 2 aromatic carbocycles. The number of nitrogens with one attached hydrogen (secondary N) is 1. The van der Waals surface area contributed by atoms with Crippen LogP contribution in [0.1, 0.15) is 50.7 Å². The summed E-state index contributed by atoms with van der Waals surface area (Å²) in [5, 5.41) is 11.0. The van der Waals surface area contributed by atoms with Gasteiger partial charge in [0, 0.05) is 34.3 Å². The first-order valence-electron chi connectivity index (χ1n) is 11.2. The minimum Gasteiger partial charge on any atom is -0.465 e. The van der Waals surface area contributed by atoms with Crippen molar-refractivity contribution >= 4 is 22.8 Å². The Kier molecular flexibility index (Phi) is 7.12. The molecule has 0 atom stereocenters. The van der Waals surface area contributed by atoms with E-state index in [1.807, 2.05) is 65.0 Å². The molecule has 3 rings (SSSR count). The van der Waals surface area contributed by atoms with Crippen LogP contribution in [0, 0.1) is 5.92 Å². The fourth-order valence-electron chi connectivity index (χ4n) is 4.11. The summed E-state index contributed by atoms with van der Waals surface area (Å²) in [6.07, 6.45) is -1.08. The molecule has 4 N–H and O–H groups in total. The SMILES string of the molecule is CC(C)Cn1c(CN(C(=O)O)C(C)(C)C)c(-c2ccccc2)c2cc(C(=O)NN)ccc2c1=O. The Morgan fingerprint density at radius 2 is 1.74 bits per heavy atom. The fourth-order valence-corrected chi connectivity index (χ4v) is 4.11. The number of fused-ring (bicyclic) bond motifs is 1. The van der Waals surface area contributed by atoms with E-state index < -0.39 is 17.5 Å². The largest absolute Gasteiger partial charge is 0.465 e. The van der Waals surface area contributed by atoms with Crippen molar-refractivity contribution < 1.29 is 14.7 Å². The van der Waals surface area contributed by atoms with E-state index in [-0.39, 0.29) is 18.0 Å². The molecule has 0 radical (unpaired) electrons. The molecule has 0 spiro atoms. The summed E-state index contributed by atoms with van der Waals surface area (Å²) in [6.45, 7) is 9.91. The van der Waals surface area contributed by atoms with Gasteiger partial charge in [0.05, 0.1) is 6.54 Å². The molecule has 1 heterocycles. The normalized spacial score (nSPS) is 11.6. The lowest BCUT2D eigenvalue weighted by Crippen LogP contribution is -2.45. The Morgan fingerprint density at radius 3 is 2.26 bits per heavy atom. The number of carbonyl (C=O) groups is 2. The fraction of sp³-hybridized carbons (Fsp3) is 0.346. The topological polar surface area (TPSA) is 118 Å². The highest BCUT2D eigenvalue weighted by atomic mass is 16.4. The number of rotatable bonds is 6. The summed E-state index contributed by atoms with van der Waals surface area (Å²) in [5.74, 6) is 5.02. The number of nitrogens with two attached hydrogens (primary N) is 1. The maximum absolute atomic E-state index is 13.7. The molecule has 3 aromatic rings. The molecule has 180 valence electrons. The lowest BCUT2D eigenvalue weighted by Gasteiger charge is -2.35. The maximum atomic E-state index is 13.7. The highest BCUT2D eigenvalue weighted by molar-refractivity contribution is 6.03. The van der Waals surface area contributed by atoms with Gasteiger partial charge in [-0.3, -0.25) is 19.9 Å². The van der Waals surface area contributed by atoms with Crippen LogP contribution in [-0.4, -0.2) is 32.1 Å². The molecule has 34 heavy (non-hydrogen) atoms. The molecule has 0 aliphatic heterocycles. The molecule has 2 amide bonds. The van der Waals surface area contributed by atoms with E-state index in [1.54, 1.807) is 22.8 Å². The van der Waals surface area contributed by atoms with E-state index >= 15 is 0 Å². The average molecular weight is 465 g/mol. The summed E-state index contributed by atoms with van der Waals surface area (Å²) in [6, 6.07) is 14.3. The van der Waals surface area contributed by atoms with Gasteiger partial charge in [-0.15, -0.1) is 0 Å². The number of nitrogens with zero attached hydrogens (tertiary/aromatic N) is 2. The Hall–Kier alpha value is -3.65. The highest BCUT2D eigenvalue weighted by Gasteiger charge is 2.30. The van der Waals surface area contributed by atoms with Crippen molar-refractivity contribution in [3.63, 3.8) is 0 Å². The van der Waals surface area contributed by atoms with Crippen molar-refractivity contribution in [3.8, 4) is 11.1 Å². The molecule has 0 fully saturated rings. The number of carbonyl (C=O) groups excluding carboxylic acids is 1. The van der Waals surface area contributed by atoms with E-state index in [0.29, 0.717) is 28.6 Å². The van der Waals surface area contributed by atoms with Gasteiger partial charge < -0.3 is 9.67 Å². The van der Waals surface area contributed by atoms with E-state index in [1.165, 1.54) is 4.90 Å². The second-order valence-electron chi connectivity index (χ2n) is 9.77. The molecule has 8 heteroatoms. The van der Waals surface area contributed by atoms with Crippen LogP contribution in [-0.2, 0) is 13.1 Å². The number of aromatic nitrogens is 1.